The molecule has 0 atom stereocenters. The summed E-state index contributed by atoms with van der Waals surface area (Å²) >= 11 is 6.06. The van der Waals surface area contributed by atoms with Gasteiger partial charge in [-0.2, -0.15) is 0 Å². The van der Waals surface area contributed by atoms with Crippen LogP contribution in [0.5, 0.6) is 0 Å². The monoisotopic (exact) mass is 400 g/mol. The summed E-state index contributed by atoms with van der Waals surface area (Å²) in [4.78, 5) is 27.8. The first-order valence-electron chi connectivity index (χ1n) is 9.36. The molecule has 4 rings (SSSR count). The Bertz CT molecular complexity index is 908. The third-order valence-electron chi connectivity index (χ3n) is 5.12. The highest BCUT2D eigenvalue weighted by molar-refractivity contribution is 6.30. The summed E-state index contributed by atoms with van der Waals surface area (Å²) in [6.07, 6.45) is 2.05. The van der Waals surface area contributed by atoms with Crippen molar-refractivity contribution in [1.29, 1.82) is 0 Å². The fraction of sp³-hybridized carbons (Fsp3) is 0.350. The van der Waals surface area contributed by atoms with Gasteiger partial charge < -0.3 is 15.1 Å². The number of carbonyl (C=O) groups excluding carboxylic acids is 1. The molecule has 1 amide bonds. The second-order valence-electron chi connectivity index (χ2n) is 7.17. The van der Waals surface area contributed by atoms with Crippen LogP contribution in [0.1, 0.15) is 23.2 Å². The molecule has 28 heavy (non-hydrogen) atoms. The Morgan fingerprint density at radius 1 is 1.11 bits per heavy atom. The quantitative estimate of drug-likeness (QED) is 0.610. The van der Waals surface area contributed by atoms with E-state index in [0.717, 1.165) is 18.5 Å². The van der Waals surface area contributed by atoms with Gasteiger partial charge in [-0.25, -0.2) is 0 Å². The predicted octanol–water partition coefficient (Wildman–Crippen LogP) is 3.78. The lowest BCUT2D eigenvalue weighted by Crippen LogP contribution is -2.48. The van der Waals surface area contributed by atoms with E-state index in [1.165, 1.54) is 6.07 Å². The Labute approximate surface area is 168 Å². The number of hydrogen-bond acceptors (Lipinski definition) is 5. The predicted molar refractivity (Wildman–Crippen MR) is 109 cm³/mol. The number of hydrogen-bond donors (Lipinski definition) is 1. The van der Waals surface area contributed by atoms with Gasteiger partial charge in [-0.3, -0.25) is 14.9 Å². The van der Waals surface area contributed by atoms with E-state index in [4.69, 9.17) is 11.6 Å². The SMILES string of the molecule is O=C(c1ccc(NC2CC2)c([N+](=O)[O-])c1)N1CCN(c2cccc(Cl)c2)CC1. The lowest BCUT2D eigenvalue weighted by atomic mass is 10.1. The van der Waals surface area contributed by atoms with Gasteiger partial charge in [0.2, 0.25) is 0 Å². The smallest absolute Gasteiger partial charge is 0.293 e. The molecule has 0 spiro atoms. The Kier molecular flexibility index (Phi) is 5.09. The summed E-state index contributed by atoms with van der Waals surface area (Å²) in [7, 11) is 0. The van der Waals surface area contributed by atoms with E-state index in [9.17, 15) is 14.9 Å². The van der Waals surface area contributed by atoms with Crippen LogP contribution in [0.15, 0.2) is 42.5 Å². The highest BCUT2D eigenvalue weighted by Crippen LogP contribution is 2.32. The first kappa shape index (κ1) is 18.6. The number of piperazine rings is 1. The summed E-state index contributed by atoms with van der Waals surface area (Å²) in [5, 5.41) is 15.3. The molecular formula is C20H21ClN4O3. The Morgan fingerprint density at radius 3 is 2.50 bits per heavy atom. The third kappa shape index (κ3) is 4.04. The topological polar surface area (TPSA) is 78.7 Å². The molecule has 8 heteroatoms. The van der Waals surface area contributed by atoms with Crippen molar-refractivity contribution in [2.24, 2.45) is 0 Å². The third-order valence-corrected chi connectivity index (χ3v) is 5.35. The number of carbonyl (C=O) groups is 1. The number of anilines is 2. The van der Waals surface area contributed by atoms with E-state index in [1.807, 2.05) is 24.3 Å². The minimum Gasteiger partial charge on any atom is -0.377 e. The molecule has 1 aliphatic carbocycles. The Hall–Kier alpha value is -2.80. The molecular weight excluding hydrogens is 380 g/mol. The van der Waals surface area contributed by atoms with E-state index < -0.39 is 4.92 Å². The molecule has 2 aliphatic rings. The first-order valence-corrected chi connectivity index (χ1v) is 9.74. The second kappa shape index (κ2) is 7.67. The van der Waals surface area contributed by atoms with Crippen LogP contribution in [0.2, 0.25) is 5.02 Å². The van der Waals surface area contributed by atoms with Gasteiger partial charge in [0.15, 0.2) is 0 Å². The van der Waals surface area contributed by atoms with Crippen LogP contribution in [0.3, 0.4) is 0 Å². The number of benzene rings is 2. The minimum absolute atomic E-state index is 0.0460. The molecule has 1 N–H and O–H groups in total. The molecule has 2 aromatic rings. The average molecular weight is 401 g/mol. The number of nitrogens with zero attached hydrogens (tertiary/aromatic N) is 3. The number of rotatable bonds is 5. The molecule has 0 bridgehead atoms. The molecule has 1 saturated carbocycles. The number of amides is 1. The van der Waals surface area contributed by atoms with Gasteiger partial charge in [0.25, 0.3) is 11.6 Å². The van der Waals surface area contributed by atoms with Gasteiger partial charge >= 0.3 is 0 Å². The molecule has 2 aromatic carbocycles. The molecule has 7 nitrogen and oxygen atoms in total. The zero-order valence-corrected chi connectivity index (χ0v) is 16.1. The van der Waals surface area contributed by atoms with Gasteiger partial charge in [0, 0.05) is 54.6 Å². The van der Waals surface area contributed by atoms with E-state index in [0.29, 0.717) is 48.5 Å². The van der Waals surface area contributed by atoms with Gasteiger partial charge in [-0.1, -0.05) is 17.7 Å². The maximum absolute atomic E-state index is 12.9. The second-order valence-corrected chi connectivity index (χ2v) is 7.60. The van der Waals surface area contributed by atoms with E-state index in [2.05, 4.69) is 10.2 Å². The van der Waals surface area contributed by atoms with E-state index in [-0.39, 0.29) is 11.6 Å². The zero-order valence-electron chi connectivity index (χ0n) is 15.3. The lowest BCUT2D eigenvalue weighted by molar-refractivity contribution is -0.384. The molecule has 0 radical (unpaired) electrons. The minimum atomic E-state index is -0.432. The van der Waals surface area contributed by atoms with Crippen molar-refractivity contribution in [3.63, 3.8) is 0 Å². The summed E-state index contributed by atoms with van der Waals surface area (Å²) in [6.45, 7) is 2.49. The standard InChI is InChI=1S/C20H21ClN4O3/c21-15-2-1-3-17(13-15)23-8-10-24(11-9-23)20(26)14-4-7-18(22-16-5-6-16)19(12-14)25(27)28/h1-4,7,12-13,16,22H,5-6,8-11H2. The van der Waals surface area contributed by atoms with E-state index in [1.54, 1.807) is 17.0 Å². The molecule has 2 fully saturated rings. The number of nitro benzene ring substituents is 1. The highest BCUT2D eigenvalue weighted by Gasteiger charge is 2.27. The van der Waals surface area contributed by atoms with Crippen LogP contribution >= 0.6 is 11.6 Å². The average Bonchev–Trinajstić information content (AvgIpc) is 3.52. The molecule has 1 saturated heterocycles. The van der Waals surface area contributed by atoms with Crippen molar-refractivity contribution in [3.05, 3.63) is 63.2 Å². The van der Waals surface area contributed by atoms with Crippen molar-refractivity contribution >= 4 is 34.6 Å². The summed E-state index contributed by atoms with van der Waals surface area (Å²) < 4.78 is 0. The maximum atomic E-state index is 12.9. The fourth-order valence-electron chi connectivity index (χ4n) is 3.41. The summed E-state index contributed by atoms with van der Waals surface area (Å²) in [5.41, 5.74) is 1.82. The van der Waals surface area contributed by atoms with Crippen molar-refractivity contribution in [1.82, 2.24) is 4.90 Å². The van der Waals surface area contributed by atoms with Crippen LogP contribution in [0.4, 0.5) is 17.1 Å². The number of nitro groups is 1. The zero-order chi connectivity index (χ0) is 19.7. The number of nitrogens with one attached hydrogen (secondary N) is 1. The van der Waals surface area contributed by atoms with Gasteiger partial charge in [-0.05, 0) is 43.2 Å². The Morgan fingerprint density at radius 2 is 1.86 bits per heavy atom. The Balaban J connectivity index is 1.44. The molecule has 0 unspecified atom stereocenters. The van der Waals surface area contributed by atoms with Crippen molar-refractivity contribution in [3.8, 4) is 0 Å². The van der Waals surface area contributed by atoms with Crippen LogP contribution < -0.4 is 10.2 Å². The summed E-state index contributed by atoms with van der Waals surface area (Å²) in [5.74, 6) is -0.174. The molecule has 0 aromatic heterocycles. The van der Waals surface area contributed by atoms with Crippen molar-refractivity contribution < 1.29 is 9.72 Å². The van der Waals surface area contributed by atoms with Gasteiger partial charge in [-0.15, -0.1) is 0 Å². The summed E-state index contributed by atoms with van der Waals surface area (Å²) in [6, 6.07) is 12.7. The molecule has 146 valence electrons. The lowest BCUT2D eigenvalue weighted by Gasteiger charge is -2.36. The van der Waals surface area contributed by atoms with Crippen molar-refractivity contribution in [2.45, 2.75) is 18.9 Å². The molecule has 1 heterocycles. The largest absolute Gasteiger partial charge is 0.377 e. The maximum Gasteiger partial charge on any atom is 0.293 e. The van der Waals surface area contributed by atoms with Crippen LogP contribution in [0.25, 0.3) is 0 Å². The highest BCUT2D eigenvalue weighted by atomic mass is 35.5. The fourth-order valence-corrected chi connectivity index (χ4v) is 3.59. The molecule has 1 aliphatic heterocycles. The van der Waals surface area contributed by atoms with Crippen LogP contribution in [0, 0.1) is 10.1 Å². The number of halogens is 1. The normalized spacial score (nSPS) is 16.8. The first-order chi connectivity index (χ1) is 13.5. The van der Waals surface area contributed by atoms with Gasteiger partial charge in [0.1, 0.15) is 5.69 Å². The van der Waals surface area contributed by atoms with E-state index >= 15 is 0 Å². The van der Waals surface area contributed by atoms with Gasteiger partial charge in [0.05, 0.1) is 4.92 Å². The van der Waals surface area contributed by atoms with Crippen LogP contribution in [-0.2, 0) is 0 Å². The van der Waals surface area contributed by atoms with Crippen molar-refractivity contribution in [2.75, 3.05) is 36.4 Å². The van der Waals surface area contributed by atoms with Crippen LogP contribution in [-0.4, -0.2) is 48.0 Å².